The number of hydrogen-bond acceptors (Lipinski definition) is 3. The summed E-state index contributed by atoms with van der Waals surface area (Å²) < 4.78 is 0. The Bertz CT molecular complexity index is 904. The molecule has 3 N–H and O–H groups in total. The van der Waals surface area contributed by atoms with Crippen molar-refractivity contribution < 1.29 is 9.90 Å². The molecular formula is C23H27N3O2. The quantitative estimate of drug-likeness (QED) is 0.593. The van der Waals surface area contributed by atoms with Crippen LogP contribution in [0.3, 0.4) is 0 Å². The number of hydrogen-bond donors (Lipinski definition) is 3. The molecule has 0 bridgehead atoms. The van der Waals surface area contributed by atoms with Crippen LogP contribution in [0.15, 0.2) is 60.7 Å². The van der Waals surface area contributed by atoms with Crippen molar-refractivity contribution in [2.75, 3.05) is 19.6 Å². The van der Waals surface area contributed by atoms with Crippen LogP contribution in [0.2, 0.25) is 0 Å². The second kappa shape index (κ2) is 8.17. The summed E-state index contributed by atoms with van der Waals surface area (Å²) in [7, 11) is 0. The molecule has 3 aromatic rings. The maximum absolute atomic E-state index is 12.9. The second-order valence-electron chi connectivity index (χ2n) is 7.65. The van der Waals surface area contributed by atoms with Crippen LogP contribution in [0.4, 0.5) is 0 Å². The lowest BCUT2D eigenvalue weighted by Crippen LogP contribution is -2.58. The minimum atomic E-state index is -1.32. The zero-order valence-electron chi connectivity index (χ0n) is 16.0. The predicted octanol–water partition coefficient (Wildman–Crippen LogP) is 2.85. The van der Waals surface area contributed by atoms with Gasteiger partial charge in [-0.1, -0.05) is 48.5 Å². The first-order chi connectivity index (χ1) is 13.6. The highest BCUT2D eigenvalue weighted by molar-refractivity contribution is 5.86. The van der Waals surface area contributed by atoms with Crippen LogP contribution in [0.5, 0.6) is 0 Å². The normalized spacial score (nSPS) is 20.0. The Labute approximate surface area is 165 Å². The van der Waals surface area contributed by atoms with E-state index in [0.29, 0.717) is 19.5 Å². The highest BCUT2D eigenvalue weighted by atomic mass is 16.3. The molecule has 1 atom stereocenters. The Hall–Kier alpha value is -2.63. The van der Waals surface area contributed by atoms with Gasteiger partial charge in [-0.2, -0.15) is 0 Å². The molecule has 1 unspecified atom stereocenters. The number of aromatic amines is 1. The van der Waals surface area contributed by atoms with Crippen molar-refractivity contribution in [3.63, 3.8) is 0 Å². The van der Waals surface area contributed by atoms with E-state index in [1.807, 2.05) is 36.4 Å². The first kappa shape index (κ1) is 18.7. The van der Waals surface area contributed by atoms with Gasteiger partial charge in [0.15, 0.2) is 5.60 Å². The Morgan fingerprint density at radius 1 is 1.11 bits per heavy atom. The Balaban J connectivity index is 1.33. The molecule has 5 heteroatoms. The number of H-pyrrole nitrogens is 1. The van der Waals surface area contributed by atoms with E-state index in [4.69, 9.17) is 0 Å². The van der Waals surface area contributed by atoms with Gasteiger partial charge in [-0.25, -0.2) is 0 Å². The average molecular weight is 377 g/mol. The zero-order valence-corrected chi connectivity index (χ0v) is 16.0. The minimum Gasteiger partial charge on any atom is -0.379 e. The molecule has 1 amide bonds. The lowest BCUT2D eigenvalue weighted by molar-refractivity contribution is -0.156. The number of benzene rings is 2. The van der Waals surface area contributed by atoms with Crippen LogP contribution in [0.25, 0.3) is 10.9 Å². The SMILES string of the molecule is O=C1N(CCc2ccccc2)CCCC1(O)CNCc1cc2ccccc2[nH]1. The Morgan fingerprint density at radius 3 is 2.71 bits per heavy atom. The van der Waals surface area contributed by atoms with Gasteiger partial charge < -0.3 is 20.3 Å². The number of likely N-dealkylation sites (tertiary alicyclic amines) is 1. The number of nitrogens with zero attached hydrogens (tertiary/aromatic N) is 1. The fourth-order valence-corrected chi connectivity index (χ4v) is 3.98. The molecule has 1 aliphatic rings. The molecule has 0 radical (unpaired) electrons. The van der Waals surface area contributed by atoms with Crippen molar-refractivity contribution in [3.8, 4) is 0 Å². The van der Waals surface area contributed by atoms with Gasteiger partial charge in [0.05, 0.1) is 0 Å². The van der Waals surface area contributed by atoms with Crippen molar-refractivity contribution in [3.05, 3.63) is 71.9 Å². The number of carbonyl (C=O) groups excluding carboxylic acids is 1. The van der Waals surface area contributed by atoms with Crippen molar-refractivity contribution in [1.82, 2.24) is 15.2 Å². The molecule has 4 rings (SSSR count). The van der Waals surface area contributed by atoms with Gasteiger partial charge in [-0.3, -0.25) is 4.79 Å². The van der Waals surface area contributed by atoms with E-state index in [-0.39, 0.29) is 12.5 Å². The van der Waals surface area contributed by atoms with E-state index in [1.54, 1.807) is 4.90 Å². The van der Waals surface area contributed by atoms with Gasteiger partial charge in [-0.05, 0) is 42.3 Å². The summed E-state index contributed by atoms with van der Waals surface area (Å²) in [4.78, 5) is 18.1. The molecule has 1 aliphatic heterocycles. The van der Waals surface area contributed by atoms with Gasteiger partial charge in [0.2, 0.25) is 0 Å². The fraction of sp³-hybridized carbons (Fsp3) is 0.348. The highest BCUT2D eigenvalue weighted by Crippen LogP contribution is 2.23. The molecule has 5 nitrogen and oxygen atoms in total. The average Bonchev–Trinajstić information content (AvgIpc) is 3.13. The predicted molar refractivity (Wildman–Crippen MR) is 111 cm³/mol. The number of amides is 1. The Kier molecular flexibility index (Phi) is 5.46. The first-order valence-electron chi connectivity index (χ1n) is 9.97. The van der Waals surface area contributed by atoms with Crippen LogP contribution >= 0.6 is 0 Å². The number of para-hydroxylation sites is 1. The van der Waals surface area contributed by atoms with Crippen LogP contribution in [0, 0.1) is 0 Å². The summed E-state index contributed by atoms with van der Waals surface area (Å²) in [6.45, 7) is 2.22. The molecule has 1 saturated heterocycles. The third kappa shape index (κ3) is 4.11. The smallest absolute Gasteiger partial charge is 0.255 e. The van der Waals surface area contributed by atoms with E-state index < -0.39 is 5.60 Å². The van der Waals surface area contributed by atoms with E-state index in [1.165, 1.54) is 10.9 Å². The number of fused-ring (bicyclic) bond motifs is 1. The summed E-state index contributed by atoms with van der Waals surface area (Å²) in [5.41, 5.74) is 2.04. The van der Waals surface area contributed by atoms with Gasteiger partial charge in [0.1, 0.15) is 0 Å². The molecular weight excluding hydrogens is 350 g/mol. The number of rotatable bonds is 7. The van der Waals surface area contributed by atoms with Crippen molar-refractivity contribution in [2.45, 2.75) is 31.4 Å². The highest BCUT2D eigenvalue weighted by Gasteiger charge is 2.41. The summed E-state index contributed by atoms with van der Waals surface area (Å²) in [6.07, 6.45) is 2.14. The summed E-state index contributed by atoms with van der Waals surface area (Å²) >= 11 is 0. The van der Waals surface area contributed by atoms with E-state index in [2.05, 4.69) is 34.6 Å². The van der Waals surface area contributed by atoms with Crippen LogP contribution in [-0.2, 0) is 17.8 Å². The lowest BCUT2D eigenvalue weighted by atomic mass is 9.91. The molecule has 0 saturated carbocycles. The maximum Gasteiger partial charge on any atom is 0.255 e. The lowest BCUT2D eigenvalue weighted by Gasteiger charge is -2.38. The van der Waals surface area contributed by atoms with Crippen LogP contribution < -0.4 is 5.32 Å². The van der Waals surface area contributed by atoms with Gasteiger partial charge in [0.25, 0.3) is 5.91 Å². The number of nitrogens with one attached hydrogen (secondary N) is 2. The molecule has 1 fully saturated rings. The summed E-state index contributed by atoms with van der Waals surface area (Å²) in [5.74, 6) is -0.154. The standard InChI is InChI=1S/C23H27N3O2/c27-22-23(28,12-6-13-26(22)14-11-18-7-2-1-3-8-18)17-24-16-20-15-19-9-4-5-10-21(19)25-20/h1-5,7-10,15,24-25,28H,6,11-14,16-17H2. The first-order valence-corrected chi connectivity index (χ1v) is 9.97. The van der Waals surface area contributed by atoms with Gasteiger partial charge in [-0.15, -0.1) is 0 Å². The third-order valence-electron chi connectivity index (χ3n) is 5.54. The summed E-state index contributed by atoms with van der Waals surface area (Å²) in [6, 6.07) is 20.4. The molecule has 2 heterocycles. The van der Waals surface area contributed by atoms with Crippen molar-refractivity contribution >= 4 is 16.8 Å². The molecule has 146 valence electrons. The van der Waals surface area contributed by atoms with Crippen molar-refractivity contribution in [1.29, 1.82) is 0 Å². The number of carbonyl (C=O) groups is 1. The Morgan fingerprint density at radius 2 is 1.89 bits per heavy atom. The monoisotopic (exact) mass is 377 g/mol. The maximum atomic E-state index is 12.9. The fourth-order valence-electron chi connectivity index (χ4n) is 3.98. The second-order valence-corrected chi connectivity index (χ2v) is 7.65. The number of aromatic nitrogens is 1. The van der Waals surface area contributed by atoms with Crippen LogP contribution in [0.1, 0.15) is 24.1 Å². The van der Waals surface area contributed by atoms with E-state index in [9.17, 15) is 9.90 Å². The van der Waals surface area contributed by atoms with Crippen molar-refractivity contribution in [2.24, 2.45) is 0 Å². The molecule has 28 heavy (non-hydrogen) atoms. The third-order valence-corrected chi connectivity index (χ3v) is 5.54. The molecule has 0 aliphatic carbocycles. The van der Waals surface area contributed by atoms with E-state index in [0.717, 1.165) is 30.6 Å². The number of aliphatic hydroxyl groups is 1. The minimum absolute atomic E-state index is 0.154. The molecule has 2 aromatic carbocycles. The van der Waals surface area contributed by atoms with Crippen LogP contribution in [-0.4, -0.2) is 46.1 Å². The molecule has 1 aromatic heterocycles. The zero-order chi connectivity index (χ0) is 19.4. The molecule has 0 spiro atoms. The van der Waals surface area contributed by atoms with Gasteiger partial charge >= 0.3 is 0 Å². The topological polar surface area (TPSA) is 68.4 Å². The largest absolute Gasteiger partial charge is 0.379 e. The number of piperidine rings is 1. The van der Waals surface area contributed by atoms with Gasteiger partial charge in [0, 0.05) is 37.4 Å². The summed E-state index contributed by atoms with van der Waals surface area (Å²) in [5, 5.41) is 15.4. The van der Waals surface area contributed by atoms with E-state index >= 15 is 0 Å².